The highest BCUT2D eigenvalue weighted by molar-refractivity contribution is 7.18. The lowest BCUT2D eigenvalue weighted by molar-refractivity contribution is -0.145. The van der Waals surface area contributed by atoms with E-state index in [-0.39, 0.29) is 17.7 Å². The van der Waals surface area contributed by atoms with Gasteiger partial charge in [0, 0.05) is 25.1 Å². The Balaban J connectivity index is 1.57. The van der Waals surface area contributed by atoms with Crippen LogP contribution in [-0.4, -0.2) is 55.5 Å². The summed E-state index contributed by atoms with van der Waals surface area (Å²) in [6.07, 6.45) is 3.95. The number of hydrogen-bond acceptors (Lipinski definition) is 7. The number of halogens is 2. The number of nitrogens with zero attached hydrogens (tertiary/aromatic N) is 2. The molecule has 0 bridgehead atoms. The quantitative estimate of drug-likeness (QED) is 0.354. The smallest absolute Gasteiger partial charge is 0.330 e. The maximum atomic E-state index is 12.6. The lowest BCUT2D eigenvalue weighted by Crippen LogP contribution is -2.48. The lowest BCUT2D eigenvalue weighted by atomic mass is 9.95. The summed E-state index contributed by atoms with van der Waals surface area (Å²) in [5.74, 6) is -1.66. The van der Waals surface area contributed by atoms with Crippen LogP contribution in [0.15, 0.2) is 28.8 Å². The van der Waals surface area contributed by atoms with Crippen LogP contribution in [0.25, 0.3) is 16.2 Å². The van der Waals surface area contributed by atoms with Gasteiger partial charge in [-0.15, -0.1) is 11.3 Å². The number of methoxy groups -OCH3 is 1. The van der Waals surface area contributed by atoms with Crippen molar-refractivity contribution < 1.29 is 19.1 Å². The molecule has 2 amide bonds. The van der Waals surface area contributed by atoms with Crippen LogP contribution in [0.2, 0.25) is 10.0 Å². The maximum Gasteiger partial charge on any atom is 0.330 e. The number of piperidine rings is 1. The zero-order valence-electron chi connectivity index (χ0n) is 17.2. The highest BCUT2D eigenvalue weighted by Crippen LogP contribution is 2.37. The van der Waals surface area contributed by atoms with Crippen molar-refractivity contribution in [3.63, 3.8) is 0 Å². The maximum absolute atomic E-state index is 12.6. The Morgan fingerprint density at radius 2 is 2.03 bits per heavy atom. The fraction of sp³-hybridized carbons (Fsp3) is 0.381. The van der Waals surface area contributed by atoms with Crippen molar-refractivity contribution in [1.82, 2.24) is 10.2 Å². The number of nitrogens with one attached hydrogen (secondary N) is 1. The predicted molar refractivity (Wildman–Crippen MR) is 125 cm³/mol. The van der Waals surface area contributed by atoms with Crippen LogP contribution in [-0.2, 0) is 19.1 Å². The minimum atomic E-state index is -1.11. The Morgan fingerprint density at radius 3 is 2.69 bits per heavy atom. The molecular weight excluding hydrogens is 477 g/mol. The molecule has 1 N–H and O–H groups in total. The molecule has 0 spiro atoms. The van der Waals surface area contributed by atoms with Crippen LogP contribution in [0.1, 0.15) is 18.4 Å². The van der Waals surface area contributed by atoms with E-state index in [9.17, 15) is 19.3 Å². The van der Waals surface area contributed by atoms with Crippen LogP contribution < -0.4 is 5.32 Å². The number of esters is 1. The highest BCUT2D eigenvalue weighted by Gasteiger charge is 2.30. The molecule has 1 aliphatic heterocycles. The summed E-state index contributed by atoms with van der Waals surface area (Å²) in [5, 5.41) is 8.91. The third-order valence-electron chi connectivity index (χ3n) is 5.29. The summed E-state index contributed by atoms with van der Waals surface area (Å²) < 4.78 is 5.47. The van der Waals surface area contributed by atoms with Crippen molar-refractivity contribution in [2.24, 2.45) is 11.1 Å². The van der Waals surface area contributed by atoms with E-state index >= 15 is 0 Å². The standard InChI is InChI=1S/C21H21Cl2N3O5S/c1-31-21(29)15(11-24-30)25-20(28)12-4-7-26(8-5-12)16(27)3-2-13-10-14-6-9-32-19(14)18(23)17(13)22/h2-3,6,9-10,12,15H,4-5,7-8,11H2,1H3,(H,25,28)/b3-2+/t15-/m0/s1. The third-order valence-corrected chi connectivity index (χ3v) is 7.24. The van der Waals surface area contributed by atoms with E-state index in [1.54, 1.807) is 11.0 Å². The number of carbonyl (C=O) groups excluding carboxylic acids is 3. The van der Waals surface area contributed by atoms with Gasteiger partial charge in [-0.05, 0) is 47.4 Å². The largest absolute Gasteiger partial charge is 0.467 e. The van der Waals surface area contributed by atoms with E-state index in [0.29, 0.717) is 41.5 Å². The molecule has 2 aromatic rings. The summed E-state index contributed by atoms with van der Waals surface area (Å²) in [4.78, 5) is 48.8. The lowest BCUT2D eigenvalue weighted by Gasteiger charge is -2.31. The molecule has 170 valence electrons. The van der Waals surface area contributed by atoms with Crippen LogP contribution >= 0.6 is 34.5 Å². The first-order chi connectivity index (χ1) is 15.3. The summed E-state index contributed by atoms with van der Waals surface area (Å²) in [5.41, 5.74) is 0.655. The van der Waals surface area contributed by atoms with E-state index < -0.39 is 18.6 Å². The minimum Gasteiger partial charge on any atom is -0.467 e. The molecule has 0 aliphatic carbocycles. The molecule has 0 radical (unpaired) electrons. The second kappa shape index (κ2) is 10.9. The van der Waals surface area contributed by atoms with Gasteiger partial charge in [-0.25, -0.2) is 4.79 Å². The molecule has 1 aromatic carbocycles. The number of amides is 2. The molecular formula is C21H21Cl2N3O5S. The normalized spacial score (nSPS) is 15.7. The van der Waals surface area contributed by atoms with Crippen molar-refractivity contribution in [3.05, 3.63) is 44.1 Å². The Kier molecular flexibility index (Phi) is 8.22. The average molecular weight is 498 g/mol. The average Bonchev–Trinajstić information content (AvgIpc) is 3.28. The molecule has 0 saturated carbocycles. The zero-order chi connectivity index (χ0) is 23.3. The van der Waals surface area contributed by atoms with Crippen molar-refractivity contribution in [2.45, 2.75) is 18.9 Å². The van der Waals surface area contributed by atoms with E-state index in [0.717, 1.165) is 10.1 Å². The summed E-state index contributed by atoms with van der Waals surface area (Å²) in [7, 11) is 1.17. The molecule has 1 fully saturated rings. The molecule has 1 saturated heterocycles. The minimum absolute atomic E-state index is 0.195. The van der Waals surface area contributed by atoms with Crippen LogP contribution in [0.5, 0.6) is 0 Å². The van der Waals surface area contributed by atoms with E-state index in [4.69, 9.17) is 23.2 Å². The van der Waals surface area contributed by atoms with Crippen molar-refractivity contribution >= 4 is 68.5 Å². The number of nitroso groups, excluding NO2 is 1. The van der Waals surface area contributed by atoms with Crippen molar-refractivity contribution in [3.8, 4) is 0 Å². The van der Waals surface area contributed by atoms with Crippen LogP contribution in [0.4, 0.5) is 0 Å². The number of hydrogen-bond donors (Lipinski definition) is 1. The summed E-state index contributed by atoms with van der Waals surface area (Å²) in [6, 6.07) is 2.71. The van der Waals surface area contributed by atoms with Gasteiger partial charge in [-0.2, -0.15) is 4.91 Å². The van der Waals surface area contributed by atoms with Gasteiger partial charge in [0.15, 0.2) is 0 Å². The molecule has 1 aliphatic rings. The summed E-state index contributed by atoms with van der Waals surface area (Å²) in [6.45, 7) is 0.368. The number of thiophene rings is 1. The molecule has 3 rings (SSSR count). The number of ether oxygens (including phenoxy) is 1. The first-order valence-corrected chi connectivity index (χ1v) is 11.5. The van der Waals surface area contributed by atoms with E-state index in [1.807, 2.05) is 17.5 Å². The second-order valence-corrected chi connectivity index (χ2v) is 8.93. The van der Waals surface area contributed by atoms with Crippen LogP contribution in [0.3, 0.4) is 0 Å². The molecule has 0 unspecified atom stereocenters. The molecule has 1 aromatic heterocycles. The van der Waals surface area contributed by atoms with Crippen molar-refractivity contribution in [1.29, 1.82) is 0 Å². The van der Waals surface area contributed by atoms with E-state index in [2.05, 4.69) is 15.2 Å². The first-order valence-electron chi connectivity index (χ1n) is 9.85. The Labute approximate surface area is 198 Å². The predicted octanol–water partition coefficient (Wildman–Crippen LogP) is 3.88. The van der Waals surface area contributed by atoms with Gasteiger partial charge >= 0.3 is 5.97 Å². The Morgan fingerprint density at radius 1 is 1.31 bits per heavy atom. The Bertz CT molecular complexity index is 1060. The van der Waals surface area contributed by atoms with E-state index in [1.165, 1.54) is 24.5 Å². The molecule has 8 nitrogen and oxygen atoms in total. The second-order valence-electron chi connectivity index (χ2n) is 7.26. The fourth-order valence-electron chi connectivity index (χ4n) is 3.50. The van der Waals surface area contributed by atoms with Gasteiger partial charge in [-0.3, -0.25) is 9.59 Å². The SMILES string of the molecule is COC(=O)[C@H](CN=O)NC(=O)C1CCN(C(=O)/C=C/c2cc3ccsc3c(Cl)c2Cl)CC1. The monoisotopic (exact) mass is 497 g/mol. The number of benzene rings is 1. The molecule has 1 atom stereocenters. The Hall–Kier alpha value is -2.49. The topological polar surface area (TPSA) is 105 Å². The van der Waals surface area contributed by atoms with Gasteiger partial charge < -0.3 is 15.0 Å². The van der Waals surface area contributed by atoms with Crippen LogP contribution in [0, 0.1) is 10.8 Å². The third kappa shape index (κ3) is 5.46. The van der Waals surface area contributed by atoms with Gasteiger partial charge in [0.05, 0.1) is 21.9 Å². The van der Waals surface area contributed by atoms with Crippen molar-refractivity contribution in [2.75, 3.05) is 26.7 Å². The molecule has 32 heavy (non-hydrogen) atoms. The molecule has 11 heteroatoms. The summed E-state index contributed by atoms with van der Waals surface area (Å²) >= 11 is 14.2. The number of rotatable bonds is 7. The highest BCUT2D eigenvalue weighted by atomic mass is 35.5. The number of likely N-dealkylation sites (tertiary alicyclic amines) is 1. The molecule has 2 heterocycles. The fourth-order valence-corrected chi connectivity index (χ4v) is 4.94. The number of fused-ring (bicyclic) bond motifs is 1. The van der Waals surface area contributed by atoms with Gasteiger partial charge in [-0.1, -0.05) is 28.4 Å². The first kappa shape index (κ1) is 24.2. The van der Waals surface area contributed by atoms with Gasteiger partial charge in [0.1, 0.15) is 12.6 Å². The van der Waals surface area contributed by atoms with Gasteiger partial charge in [0.2, 0.25) is 11.8 Å². The number of carbonyl (C=O) groups is 3. The van der Waals surface area contributed by atoms with Gasteiger partial charge in [0.25, 0.3) is 0 Å². The zero-order valence-corrected chi connectivity index (χ0v) is 19.5.